The molecule has 1 saturated heterocycles. The molecule has 1 amide bonds. The number of carbonyl (C=O) groups excluding carboxylic acids is 1. The summed E-state index contributed by atoms with van der Waals surface area (Å²) in [7, 11) is 1.11. The van der Waals surface area contributed by atoms with Crippen LogP contribution in [-0.4, -0.2) is 54.7 Å². The van der Waals surface area contributed by atoms with Crippen LogP contribution in [0.15, 0.2) is 24.5 Å². The fraction of sp³-hybridized carbons (Fsp3) is 0.429. The summed E-state index contributed by atoms with van der Waals surface area (Å²) in [6.07, 6.45) is 1.52. The Morgan fingerprint density at radius 1 is 1.26 bits per heavy atom. The molecule has 2 N–H and O–H groups in total. The molecule has 13 heteroatoms. The van der Waals surface area contributed by atoms with Crippen molar-refractivity contribution in [3.05, 3.63) is 36.2 Å². The van der Waals surface area contributed by atoms with Crippen molar-refractivity contribution in [2.45, 2.75) is 31.6 Å². The number of alkyl halides is 2. The van der Waals surface area contributed by atoms with Gasteiger partial charge >= 0.3 is 0 Å². The largest absolute Gasteiger partial charge is 0.482 e. The third-order valence-electron chi connectivity index (χ3n) is 5.40. The number of hydrogen-bond acceptors (Lipinski definition) is 7. The van der Waals surface area contributed by atoms with Crippen molar-refractivity contribution < 1.29 is 31.6 Å². The fourth-order valence-corrected chi connectivity index (χ4v) is 5.20. The van der Waals surface area contributed by atoms with Gasteiger partial charge in [0.1, 0.15) is 23.8 Å². The summed E-state index contributed by atoms with van der Waals surface area (Å²) in [5.74, 6) is 1.15. The van der Waals surface area contributed by atoms with E-state index in [9.17, 15) is 17.4 Å². The van der Waals surface area contributed by atoms with Gasteiger partial charge in [-0.3, -0.25) is 9.00 Å². The summed E-state index contributed by atoms with van der Waals surface area (Å²) in [5.41, 5.74) is 5.39. The van der Waals surface area contributed by atoms with Crippen molar-refractivity contribution in [3.63, 3.8) is 0 Å². The summed E-state index contributed by atoms with van der Waals surface area (Å²) in [5, 5.41) is 0. The van der Waals surface area contributed by atoms with E-state index < -0.39 is 29.6 Å². The highest BCUT2D eigenvalue weighted by atomic mass is 32.2. The summed E-state index contributed by atoms with van der Waals surface area (Å²) in [4.78, 5) is 21.3. The number of hydrogen-bond donors (Lipinski definition) is 1. The van der Waals surface area contributed by atoms with Crippen molar-refractivity contribution in [2.75, 3.05) is 18.1 Å². The molecule has 4 heterocycles. The lowest BCUT2D eigenvalue weighted by Crippen LogP contribution is -2.34. The van der Waals surface area contributed by atoms with Crippen molar-refractivity contribution in [3.8, 4) is 17.5 Å². The number of amides is 1. The van der Waals surface area contributed by atoms with Gasteiger partial charge in [0.25, 0.3) is 12.3 Å². The lowest BCUT2D eigenvalue weighted by molar-refractivity contribution is -0.106. The number of halogens is 3. The second-order valence-corrected chi connectivity index (χ2v) is 9.51. The first kappa shape index (κ1) is 25.4. The molecule has 34 heavy (non-hydrogen) atoms. The first-order valence-electron chi connectivity index (χ1n) is 10.2. The number of fused-ring (bicyclic) bond motifs is 1. The monoisotopic (exact) mass is 499 g/mol. The third-order valence-corrected chi connectivity index (χ3v) is 6.71. The van der Waals surface area contributed by atoms with Gasteiger partial charge in [-0.2, -0.15) is 0 Å². The molecule has 0 radical (unpaired) electrons. The van der Waals surface area contributed by atoms with Gasteiger partial charge in [0.15, 0.2) is 5.75 Å². The Kier molecular flexibility index (Phi) is 8.07. The first-order chi connectivity index (χ1) is 16.2. The number of aryl methyl sites for hydroxylation is 1. The zero-order valence-corrected chi connectivity index (χ0v) is 19.4. The van der Waals surface area contributed by atoms with Crippen molar-refractivity contribution >= 4 is 28.2 Å². The predicted octanol–water partition coefficient (Wildman–Crippen LogP) is 2.84. The zero-order valence-electron chi connectivity index (χ0n) is 18.5. The van der Waals surface area contributed by atoms with E-state index in [-0.39, 0.29) is 29.3 Å². The molecular weight excluding hydrogens is 475 g/mol. The number of ether oxygens (including phenoxy) is 2. The van der Waals surface area contributed by atoms with Gasteiger partial charge in [-0.25, -0.2) is 28.1 Å². The first-order valence-corrected chi connectivity index (χ1v) is 11.7. The van der Waals surface area contributed by atoms with Crippen molar-refractivity contribution in [2.24, 2.45) is 12.8 Å². The van der Waals surface area contributed by atoms with E-state index in [1.807, 2.05) is 11.6 Å². The molecule has 0 spiro atoms. The number of primary amides is 1. The van der Waals surface area contributed by atoms with Gasteiger partial charge in [-0.05, 0) is 12.8 Å². The molecule has 1 fully saturated rings. The number of carbonyl (C=O) groups is 1. The normalized spacial score (nSPS) is 20.0. The van der Waals surface area contributed by atoms with Crippen LogP contribution in [0.2, 0.25) is 0 Å². The topological polar surface area (TPSA) is 122 Å². The van der Waals surface area contributed by atoms with Gasteiger partial charge < -0.3 is 19.8 Å². The molecule has 0 aromatic carbocycles. The van der Waals surface area contributed by atoms with Gasteiger partial charge in [0, 0.05) is 46.9 Å². The van der Waals surface area contributed by atoms with Crippen LogP contribution in [0.3, 0.4) is 0 Å². The Bertz CT molecular complexity index is 1180. The average molecular weight is 500 g/mol. The Hall–Kier alpha value is -3.22. The van der Waals surface area contributed by atoms with Crippen molar-refractivity contribution in [1.82, 2.24) is 19.5 Å². The maximum atomic E-state index is 13.5. The summed E-state index contributed by atoms with van der Waals surface area (Å²) < 4.78 is 62.7. The van der Waals surface area contributed by atoms with Crippen LogP contribution >= 0.6 is 0 Å². The summed E-state index contributed by atoms with van der Waals surface area (Å²) >= 11 is 0. The van der Waals surface area contributed by atoms with Crippen molar-refractivity contribution in [1.29, 1.82) is 0 Å². The van der Waals surface area contributed by atoms with Crippen LogP contribution < -0.4 is 15.2 Å². The van der Waals surface area contributed by atoms with Gasteiger partial charge in [0.2, 0.25) is 12.3 Å². The Labute approximate surface area is 195 Å². The highest BCUT2D eigenvalue weighted by molar-refractivity contribution is 7.85. The van der Waals surface area contributed by atoms with Gasteiger partial charge in [-0.15, -0.1) is 0 Å². The van der Waals surface area contributed by atoms with Crippen LogP contribution in [0.1, 0.15) is 25.6 Å². The molecule has 1 aliphatic rings. The molecule has 0 atom stereocenters. The van der Waals surface area contributed by atoms with Crippen LogP contribution in [0, 0.1) is 5.82 Å². The number of rotatable bonds is 6. The van der Waals surface area contributed by atoms with E-state index in [0.717, 1.165) is 36.4 Å². The lowest BCUT2D eigenvalue weighted by atomic mass is 9.83. The average Bonchev–Trinajstić information content (AvgIpc) is 3.13. The van der Waals surface area contributed by atoms with Crippen LogP contribution in [0.4, 0.5) is 13.2 Å². The minimum Gasteiger partial charge on any atom is -0.482 e. The quantitative estimate of drug-likeness (QED) is 0.518. The maximum Gasteiger partial charge on any atom is 0.272 e. The molecule has 0 aliphatic carbocycles. The lowest BCUT2D eigenvalue weighted by Gasteiger charge is -2.32. The number of imidazole rings is 1. The fourth-order valence-electron chi connectivity index (χ4n) is 3.64. The molecular formula is C21H24F3N5O4S. The van der Waals surface area contributed by atoms with E-state index in [4.69, 9.17) is 19.3 Å². The second-order valence-electron chi connectivity index (χ2n) is 7.81. The van der Waals surface area contributed by atoms with E-state index in [1.54, 1.807) is 12.3 Å². The minimum atomic E-state index is -2.72. The van der Waals surface area contributed by atoms with Gasteiger partial charge in [0.05, 0.1) is 17.9 Å². The van der Waals surface area contributed by atoms with E-state index in [2.05, 4.69) is 22.6 Å². The zero-order chi connectivity index (χ0) is 24.9. The number of nitrogens with two attached hydrogens (primary N) is 1. The molecule has 3 aromatic heterocycles. The Morgan fingerprint density at radius 2 is 1.94 bits per heavy atom. The highest BCUT2D eigenvalue weighted by Crippen LogP contribution is 2.36. The smallest absolute Gasteiger partial charge is 0.272 e. The SMILES string of the molecule is Cn1c(C2(C)CCS(=O)CC2)nc2cnc(Oc3ncc(F)cc3OCC(F)F)cc21.NC=O. The molecule has 0 unspecified atom stereocenters. The molecule has 3 aromatic rings. The van der Waals surface area contributed by atoms with Crippen LogP contribution in [-0.2, 0) is 28.1 Å². The molecule has 0 bridgehead atoms. The van der Waals surface area contributed by atoms with E-state index >= 15 is 0 Å². The molecule has 0 saturated carbocycles. The standard InChI is InChI=1S/C20H21F3N4O3S.CH3NO/c1-20(3-5-31(28)6-4-20)19-26-13-10-24-17(8-14(13)27(19)2)30-18-15(29-11-16(22)23)7-12(21)9-25-18;2-1-3/h7-10,16H,3-6,11H2,1-2H3;1H,(H2,2,3). The summed E-state index contributed by atoms with van der Waals surface area (Å²) in [6, 6.07) is 2.58. The van der Waals surface area contributed by atoms with E-state index in [0.29, 0.717) is 17.0 Å². The second kappa shape index (κ2) is 10.8. The van der Waals surface area contributed by atoms with Crippen LogP contribution in [0.5, 0.6) is 17.5 Å². The summed E-state index contributed by atoms with van der Waals surface area (Å²) in [6.45, 7) is 1.20. The minimum absolute atomic E-state index is 0.137. The molecule has 1 aliphatic heterocycles. The maximum absolute atomic E-state index is 13.5. The molecule has 184 valence electrons. The Morgan fingerprint density at radius 3 is 2.59 bits per heavy atom. The molecule has 4 rings (SSSR count). The molecule has 9 nitrogen and oxygen atoms in total. The highest BCUT2D eigenvalue weighted by Gasteiger charge is 2.35. The predicted molar refractivity (Wildman–Crippen MR) is 119 cm³/mol. The Balaban J connectivity index is 0.00000103. The van der Waals surface area contributed by atoms with Gasteiger partial charge in [-0.1, -0.05) is 6.92 Å². The number of pyridine rings is 2. The number of aromatic nitrogens is 4. The number of nitrogens with zero attached hydrogens (tertiary/aromatic N) is 4. The third kappa shape index (κ3) is 5.82. The van der Waals surface area contributed by atoms with Crippen LogP contribution in [0.25, 0.3) is 11.0 Å². The van der Waals surface area contributed by atoms with E-state index in [1.165, 1.54) is 0 Å².